The van der Waals surface area contributed by atoms with Crippen molar-refractivity contribution in [1.82, 2.24) is 0 Å². The molecule has 0 atom stereocenters. The van der Waals surface area contributed by atoms with Crippen LogP contribution in [-0.2, 0) is 11.4 Å². The van der Waals surface area contributed by atoms with Gasteiger partial charge in [-0.25, -0.2) is 0 Å². The summed E-state index contributed by atoms with van der Waals surface area (Å²) in [4.78, 5) is 11.9. The maximum atomic E-state index is 11.9. The van der Waals surface area contributed by atoms with Crippen LogP contribution in [0.1, 0.15) is 16.7 Å². The second-order valence-electron chi connectivity index (χ2n) is 5.62. The van der Waals surface area contributed by atoms with Crippen LogP contribution < -0.4 is 4.74 Å². The number of ketones is 1. The Hall–Kier alpha value is -3.51. The molecule has 140 valence electrons. The summed E-state index contributed by atoms with van der Waals surface area (Å²) >= 11 is 0. The lowest BCUT2D eigenvalue weighted by Crippen LogP contribution is -1.90. The molecule has 0 fully saturated rings. The number of phenolic OH excluding ortho intramolecular Hbond substituents is 1. The van der Waals surface area contributed by atoms with Gasteiger partial charge in [0.25, 0.3) is 0 Å². The predicted molar refractivity (Wildman–Crippen MR) is 102 cm³/mol. The third-order valence-corrected chi connectivity index (χ3v) is 3.65. The Balaban J connectivity index is 2.05. The number of aliphatic hydroxyl groups is 2. The highest BCUT2D eigenvalue weighted by Crippen LogP contribution is 2.26. The minimum Gasteiger partial charge on any atom is -0.508 e. The number of rotatable bonds is 7. The van der Waals surface area contributed by atoms with Crippen molar-refractivity contribution in [3.63, 3.8) is 0 Å². The summed E-state index contributed by atoms with van der Waals surface area (Å²) in [6.45, 7) is -0.311. The van der Waals surface area contributed by atoms with E-state index in [4.69, 9.17) is 9.84 Å². The largest absolute Gasteiger partial charge is 0.508 e. The molecule has 6 nitrogen and oxygen atoms in total. The summed E-state index contributed by atoms with van der Waals surface area (Å²) in [5, 5.41) is 38.0. The van der Waals surface area contributed by atoms with Gasteiger partial charge in [0.05, 0.1) is 13.7 Å². The van der Waals surface area contributed by atoms with Crippen LogP contribution in [0.3, 0.4) is 0 Å². The Morgan fingerprint density at radius 2 is 1.63 bits per heavy atom. The molecule has 27 heavy (non-hydrogen) atoms. The highest BCUT2D eigenvalue weighted by molar-refractivity contribution is 6.02. The van der Waals surface area contributed by atoms with E-state index in [-0.39, 0.29) is 23.9 Å². The van der Waals surface area contributed by atoms with Crippen LogP contribution in [-0.4, -0.2) is 33.3 Å². The lowest BCUT2D eigenvalue weighted by atomic mass is 10.1. The van der Waals surface area contributed by atoms with E-state index in [1.54, 1.807) is 30.3 Å². The molecule has 0 aromatic heterocycles. The average molecular weight is 368 g/mol. The summed E-state index contributed by atoms with van der Waals surface area (Å²) in [6.07, 6.45) is 6.75. The van der Waals surface area contributed by atoms with Gasteiger partial charge < -0.3 is 25.2 Å². The van der Waals surface area contributed by atoms with Crippen LogP contribution in [0, 0.1) is 0 Å². The van der Waals surface area contributed by atoms with E-state index in [1.165, 1.54) is 37.5 Å². The third-order valence-electron chi connectivity index (χ3n) is 3.65. The van der Waals surface area contributed by atoms with E-state index in [9.17, 15) is 20.1 Å². The quantitative estimate of drug-likeness (QED) is 0.339. The molecule has 0 heterocycles. The van der Waals surface area contributed by atoms with E-state index in [1.807, 2.05) is 0 Å². The predicted octanol–water partition coefficient (Wildman–Crippen LogP) is 3.34. The van der Waals surface area contributed by atoms with Gasteiger partial charge in [0.1, 0.15) is 11.5 Å². The summed E-state index contributed by atoms with van der Waals surface area (Å²) < 4.78 is 5.00. The molecule has 0 unspecified atom stereocenters. The van der Waals surface area contributed by atoms with E-state index in [0.717, 1.165) is 6.08 Å². The summed E-state index contributed by atoms with van der Waals surface area (Å²) in [6, 6.07) is 9.27. The van der Waals surface area contributed by atoms with Crippen LogP contribution in [0.5, 0.6) is 17.2 Å². The number of hydrogen-bond acceptors (Lipinski definition) is 6. The Morgan fingerprint density at radius 1 is 1.00 bits per heavy atom. The molecular formula is C21H20O6. The van der Waals surface area contributed by atoms with Gasteiger partial charge in [-0.3, -0.25) is 4.79 Å². The summed E-state index contributed by atoms with van der Waals surface area (Å²) in [5.41, 5.74) is 1.66. The number of hydrogen-bond donors (Lipinski definition) is 4. The first kappa shape index (κ1) is 19.8. The molecule has 0 saturated carbocycles. The number of benzene rings is 2. The topological polar surface area (TPSA) is 107 Å². The molecule has 0 aliphatic carbocycles. The maximum Gasteiger partial charge on any atom is 0.182 e. The van der Waals surface area contributed by atoms with Gasteiger partial charge in [0.2, 0.25) is 0 Å². The fourth-order valence-corrected chi connectivity index (χ4v) is 2.24. The second-order valence-corrected chi connectivity index (χ2v) is 5.62. The summed E-state index contributed by atoms with van der Waals surface area (Å²) in [7, 11) is 1.43. The normalized spacial score (nSPS) is 12.0. The highest BCUT2D eigenvalue weighted by atomic mass is 16.5. The first-order chi connectivity index (χ1) is 12.9. The van der Waals surface area contributed by atoms with E-state index >= 15 is 0 Å². The van der Waals surface area contributed by atoms with Crippen molar-refractivity contribution in [3.8, 4) is 17.2 Å². The van der Waals surface area contributed by atoms with Crippen LogP contribution in [0.4, 0.5) is 0 Å². The van der Waals surface area contributed by atoms with Gasteiger partial charge >= 0.3 is 0 Å². The molecule has 0 saturated heterocycles. The van der Waals surface area contributed by atoms with Crippen molar-refractivity contribution in [2.75, 3.05) is 7.11 Å². The molecule has 6 heteroatoms. The monoisotopic (exact) mass is 368 g/mol. The number of aliphatic hydroxyl groups excluding tert-OH is 2. The van der Waals surface area contributed by atoms with Gasteiger partial charge in [-0.15, -0.1) is 0 Å². The first-order valence-electron chi connectivity index (χ1n) is 8.03. The first-order valence-corrected chi connectivity index (χ1v) is 8.03. The SMILES string of the molecule is COc1cc(/C=C/C(O)=C/C(=O)/C=C\c2ccc(O)c(CO)c2)ccc1O. The maximum absolute atomic E-state index is 11.9. The molecule has 2 aromatic rings. The molecule has 0 bridgehead atoms. The van der Waals surface area contributed by atoms with Crippen molar-refractivity contribution in [3.05, 3.63) is 77.1 Å². The van der Waals surface area contributed by atoms with Crippen molar-refractivity contribution in [2.45, 2.75) is 6.61 Å². The van der Waals surface area contributed by atoms with E-state index < -0.39 is 5.78 Å². The summed E-state index contributed by atoms with van der Waals surface area (Å²) in [5.74, 6) is -0.379. The highest BCUT2D eigenvalue weighted by Gasteiger charge is 2.02. The smallest absolute Gasteiger partial charge is 0.182 e. The fraction of sp³-hybridized carbons (Fsp3) is 0.0952. The third kappa shape index (κ3) is 5.76. The molecule has 0 aliphatic rings. The molecule has 0 radical (unpaired) electrons. The standard InChI is InChI=1S/C21H20O6/c1-27-21-11-15(5-9-20(21)26)3-7-18(24)12-17(23)6-2-14-4-8-19(25)16(10-14)13-22/h2-12,22,24-26H,13H2,1H3/b6-2-,7-3+,18-12-. The lowest BCUT2D eigenvalue weighted by Gasteiger charge is -2.03. The van der Waals surface area contributed by atoms with Crippen LogP contribution >= 0.6 is 0 Å². The molecular weight excluding hydrogens is 348 g/mol. The molecule has 0 amide bonds. The van der Waals surface area contributed by atoms with Crippen LogP contribution in [0.15, 0.2) is 60.4 Å². The number of phenols is 2. The number of aromatic hydroxyl groups is 2. The number of allylic oxidation sites excluding steroid dienone is 3. The molecule has 2 rings (SSSR count). The lowest BCUT2D eigenvalue weighted by molar-refractivity contribution is -0.110. The second kappa shape index (κ2) is 9.26. The molecule has 2 aromatic carbocycles. The zero-order valence-corrected chi connectivity index (χ0v) is 14.7. The number of ether oxygens (including phenoxy) is 1. The zero-order chi connectivity index (χ0) is 19.8. The van der Waals surface area contributed by atoms with Crippen LogP contribution in [0.2, 0.25) is 0 Å². The van der Waals surface area contributed by atoms with Gasteiger partial charge in [-0.1, -0.05) is 24.3 Å². The Bertz CT molecular complexity index is 909. The van der Waals surface area contributed by atoms with Gasteiger partial charge in [0, 0.05) is 11.6 Å². The minimum atomic E-state index is -0.431. The van der Waals surface area contributed by atoms with Gasteiger partial charge in [-0.2, -0.15) is 0 Å². The van der Waals surface area contributed by atoms with Crippen molar-refractivity contribution in [1.29, 1.82) is 0 Å². The Morgan fingerprint density at radius 3 is 2.30 bits per heavy atom. The van der Waals surface area contributed by atoms with Crippen molar-refractivity contribution < 1.29 is 30.0 Å². The minimum absolute atomic E-state index is 0.00770. The van der Waals surface area contributed by atoms with Crippen molar-refractivity contribution >= 4 is 17.9 Å². The number of carbonyl (C=O) groups excluding carboxylic acids is 1. The van der Waals surface area contributed by atoms with Crippen LogP contribution in [0.25, 0.3) is 12.2 Å². The van der Waals surface area contributed by atoms with E-state index in [0.29, 0.717) is 22.4 Å². The average Bonchev–Trinajstić information content (AvgIpc) is 2.66. The van der Waals surface area contributed by atoms with Gasteiger partial charge in [0.15, 0.2) is 17.3 Å². The van der Waals surface area contributed by atoms with Gasteiger partial charge in [-0.05, 0) is 47.5 Å². The molecule has 0 aliphatic heterocycles. The molecule has 4 N–H and O–H groups in total. The number of carbonyl (C=O) groups is 1. The number of methoxy groups -OCH3 is 1. The Labute approximate surface area is 156 Å². The zero-order valence-electron chi connectivity index (χ0n) is 14.7. The fourth-order valence-electron chi connectivity index (χ4n) is 2.24. The molecule has 0 spiro atoms. The Kier molecular flexibility index (Phi) is 6.79. The van der Waals surface area contributed by atoms with Crippen molar-refractivity contribution in [2.24, 2.45) is 0 Å². The van der Waals surface area contributed by atoms with E-state index in [2.05, 4.69) is 0 Å².